The number of rotatable bonds is 3. The van der Waals surface area contributed by atoms with Gasteiger partial charge in [-0.05, 0) is 39.6 Å². The van der Waals surface area contributed by atoms with Crippen LogP contribution in [0.25, 0.3) is 23.3 Å². The van der Waals surface area contributed by atoms with Gasteiger partial charge in [-0.3, -0.25) is 9.78 Å². The Labute approximate surface area is 126 Å². The Bertz CT molecular complexity index is 1050. The van der Waals surface area contributed by atoms with Gasteiger partial charge in [0, 0.05) is 15.1 Å². The SMILES string of the molecule is [2H]OC(=O)C([2H])([2H])c1c([2H])c([2H])c(-c2ccncc2)c2c([2H])c([2H])ccc12. The van der Waals surface area contributed by atoms with Gasteiger partial charge in [0.05, 0.1) is 11.9 Å². The smallest absolute Gasteiger partial charge is 0.307 e. The molecule has 20 heavy (non-hydrogen) atoms. The molecule has 1 aromatic heterocycles. The van der Waals surface area contributed by atoms with Crippen LogP contribution in [0.1, 0.15) is 13.8 Å². The molecule has 3 aromatic rings. The molecule has 0 aliphatic heterocycles. The number of carboxylic acid groups (broad SMARTS) is 1. The van der Waals surface area contributed by atoms with Gasteiger partial charge in [-0.25, -0.2) is 0 Å². The predicted molar refractivity (Wildman–Crippen MR) is 78.5 cm³/mol. The van der Waals surface area contributed by atoms with Crippen LogP contribution in [-0.2, 0) is 11.2 Å². The van der Waals surface area contributed by atoms with Crippen LogP contribution in [-0.4, -0.2) is 16.1 Å². The van der Waals surface area contributed by atoms with Crippen LogP contribution in [0.2, 0.25) is 0 Å². The normalized spacial score (nSPS) is 16.1. The molecule has 0 spiro atoms. The lowest BCUT2D eigenvalue weighted by molar-refractivity contribution is -0.136. The third-order valence-electron chi connectivity index (χ3n) is 2.83. The average molecular weight is 270 g/mol. The van der Waals surface area contributed by atoms with Crippen molar-refractivity contribution < 1.29 is 18.1 Å². The van der Waals surface area contributed by atoms with Crippen LogP contribution in [0.15, 0.2) is 60.8 Å². The van der Waals surface area contributed by atoms with Crippen LogP contribution in [0.3, 0.4) is 0 Å². The first-order chi connectivity index (χ1) is 12.7. The lowest BCUT2D eigenvalue weighted by Gasteiger charge is -2.10. The molecule has 0 fully saturated rings. The van der Waals surface area contributed by atoms with Crippen molar-refractivity contribution in [1.29, 1.82) is 1.43 Å². The van der Waals surface area contributed by atoms with Crippen molar-refractivity contribution in [2.45, 2.75) is 6.37 Å². The first kappa shape index (κ1) is 6.66. The van der Waals surface area contributed by atoms with Gasteiger partial charge in [-0.1, -0.05) is 36.3 Å². The highest BCUT2D eigenvalue weighted by Crippen LogP contribution is 2.30. The molecular weight excluding hydrogens is 250 g/mol. The quantitative estimate of drug-likeness (QED) is 0.792. The number of nitrogens with zero attached hydrogens (tertiary/aromatic N) is 1. The Morgan fingerprint density at radius 2 is 2.10 bits per heavy atom. The maximum absolute atomic E-state index is 11.8. The minimum atomic E-state index is -2.88. The topological polar surface area (TPSA) is 50.2 Å². The van der Waals surface area contributed by atoms with Crippen LogP contribution < -0.4 is 0 Å². The van der Waals surface area contributed by atoms with Crippen molar-refractivity contribution in [3.63, 3.8) is 0 Å². The van der Waals surface area contributed by atoms with Crippen molar-refractivity contribution in [2.24, 2.45) is 0 Å². The zero-order valence-electron chi connectivity index (χ0n) is 17.2. The summed E-state index contributed by atoms with van der Waals surface area (Å²) in [5, 5.41) is 3.90. The number of benzene rings is 2. The van der Waals surface area contributed by atoms with E-state index in [1.807, 2.05) is 0 Å². The lowest BCUT2D eigenvalue weighted by Crippen LogP contribution is -2.01. The summed E-state index contributed by atoms with van der Waals surface area (Å²) in [6, 6.07) is 4.39. The van der Waals surface area contributed by atoms with Crippen LogP contribution in [0, 0.1) is 0 Å². The molecule has 0 aliphatic rings. The summed E-state index contributed by atoms with van der Waals surface area (Å²) < 4.78 is 55.7. The van der Waals surface area contributed by atoms with Crippen LogP contribution in [0.4, 0.5) is 0 Å². The van der Waals surface area contributed by atoms with E-state index in [0.717, 1.165) is 0 Å². The van der Waals surface area contributed by atoms with E-state index >= 15 is 0 Å². The highest BCUT2D eigenvalue weighted by atomic mass is 16.4. The second kappa shape index (κ2) is 5.13. The predicted octanol–water partition coefficient (Wildman–Crippen LogP) is 3.53. The molecule has 0 atom stereocenters. The van der Waals surface area contributed by atoms with Crippen LogP contribution >= 0.6 is 0 Å². The van der Waals surface area contributed by atoms with E-state index in [0.29, 0.717) is 5.56 Å². The van der Waals surface area contributed by atoms with Gasteiger partial charge in [0.2, 0.25) is 0 Å². The van der Waals surface area contributed by atoms with Crippen molar-refractivity contribution in [3.05, 3.63) is 66.4 Å². The second-order valence-corrected chi connectivity index (χ2v) is 4.04. The lowest BCUT2D eigenvalue weighted by atomic mass is 9.94. The van der Waals surface area contributed by atoms with Gasteiger partial charge in [0.15, 0.2) is 0 Å². The molecule has 0 aliphatic carbocycles. The fourth-order valence-corrected chi connectivity index (χ4v) is 1.99. The summed E-state index contributed by atoms with van der Waals surface area (Å²) in [4.78, 5) is 15.7. The monoisotopic (exact) mass is 270 g/mol. The van der Waals surface area contributed by atoms with Crippen molar-refractivity contribution >= 4 is 16.7 Å². The molecule has 3 nitrogen and oxygen atoms in total. The number of hydrogen-bond acceptors (Lipinski definition) is 3. The highest BCUT2D eigenvalue weighted by molar-refractivity contribution is 5.99. The number of carboxylic acids is 1. The van der Waals surface area contributed by atoms with E-state index in [2.05, 4.69) is 10.1 Å². The molecule has 0 bridgehead atoms. The fourth-order valence-electron chi connectivity index (χ4n) is 1.99. The molecule has 98 valence electrons. The third kappa shape index (κ3) is 2.26. The van der Waals surface area contributed by atoms with Crippen molar-refractivity contribution in [1.82, 2.24) is 4.98 Å². The molecule has 1 N–H and O–H groups in total. The largest absolute Gasteiger partial charge is 0.481 e. The first-order valence-electron chi connectivity index (χ1n) is 9.24. The fraction of sp³-hybridized carbons (Fsp3) is 0.0588. The summed E-state index contributed by atoms with van der Waals surface area (Å²) in [7, 11) is 0. The van der Waals surface area contributed by atoms with E-state index in [9.17, 15) is 4.79 Å². The molecule has 0 saturated heterocycles. The molecule has 0 radical (unpaired) electrons. The Morgan fingerprint density at radius 3 is 2.90 bits per heavy atom. The standard InChI is InChI=1S/C17H13NO2/c19-17(20)11-13-5-6-15(12-7-9-18-10-8-12)16-4-2-1-3-14(13)16/h1-10H,11H2,(H,19,20)/i2D,4D,5D,6D,11D2/hD. The molecular formula is C17H13NO2. The van der Waals surface area contributed by atoms with Gasteiger partial charge in [-0.15, -0.1) is 0 Å². The third-order valence-corrected chi connectivity index (χ3v) is 2.83. The van der Waals surface area contributed by atoms with E-state index in [4.69, 9.17) is 9.66 Å². The maximum Gasteiger partial charge on any atom is 0.307 e. The molecule has 3 rings (SSSR count). The number of fused-ring (bicyclic) bond motifs is 1. The number of aliphatic carboxylic acids is 1. The number of pyridine rings is 1. The molecule has 3 heteroatoms. The van der Waals surface area contributed by atoms with Gasteiger partial charge < -0.3 is 5.11 Å². The van der Waals surface area contributed by atoms with Gasteiger partial charge >= 0.3 is 5.97 Å². The minimum absolute atomic E-state index is 0.0409. The number of carbonyl (C=O) groups is 1. The molecule has 0 saturated carbocycles. The molecule has 0 amide bonds. The van der Waals surface area contributed by atoms with Crippen LogP contribution in [0.5, 0.6) is 0 Å². The van der Waals surface area contributed by atoms with Gasteiger partial charge in [0.1, 0.15) is 0 Å². The van der Waals surface area contributed by atoms with Gasteiger partial charge in [-0.2, -0.15) is 0 Å². The summed E-state index contributed by atoms with van der Waals surface area (Å²) in [5.74, 6) is -1.53. The Hall–Kier alpha value is -2.68. The van der Waals surface area contributed by atoms with E-state index in [-0.39, 0.29) is 28.4 Å². The first-order valence-corrected chi connectivity index (χ1v) is 5.83. The van der Waals surface area contributed by atoms with Crippen molar-refractivity contribution in [2.75, 3.05) is 0 Å². The minimum Gasteiger partial charge on any atom is -0.481 e. The number of hydrogen-bond donors (Lipinski definition) is 1. The van der Waals surface area contributed by atoms with Gasteiger partial charge in [0.25, 0.3) is 1.43 Å². The van der Waals surface area contributed by atoms with Crippen molar-refractivity contribution in [3.8, 4) is 11.1 Å². The average Bonchev–Trinajstić information content (AvgIpc) is 2.66. The summed E-state index contributed by atoms with van der Waals surface area (Å²) in [6.45, 7) is 0. The van der Waals surface area contributed by atoms with E-state index in [1.54, 1.807) is 12.1 Å². The summed E-state index contributed by atoms with van der Waals surface area (Å²) in [5.41, 5.74) is 0.184. The zero-order chi connectivity index (χ0) is 19.9. The summed E-state index contributed by atoms with van der Waals surface area (Å²) >= 11 is 0. The Morgan fingerprint density at radius 1 is 1.25 bits per heavy atom. The Kier molecular flexibility index (Phi) is 1.71. The molecule has 2 aromatic carbocycles. The summed E-state index contributed by atoms with van der Waals surface area (Å²) in [6.07, 6.45) is 0.0751. The zero-order valence-corrected chi connectivity index (χ0v) is 10.2. The number of aromatic nitrogens is 1. The second-order valence-electron chi connectivity index (χ2n) is 4.04. The molecule has 0 unspecified atom stereocenters. The van der Waals surface area contributed by atoms with E-state index in [1.165, 1.54) is 24.5 Å². The maximum atomic E-state index is 11.8. The van der Waals surface area contributed by atoms with E-state index < -0.39 is 30.0 Å². The Balaban J connectivity index is 2.55. The molecule has 1 heterocycles. The highest BCUT2D eigenvalue weighted by Gasteiger charge is 2.09.